The number of rotatable bonds is 5. The minimum Gasteiger partial charge on any atom is -0.381 e. The van der Waals surface area contributed by atoms with Crippen LogP contribution in [-0.4, -0.2) is 34.9 Å². The summed E-state index contributed by atoms with van der Waals surface area (Å²) in [5.74, 6) is 0. The van der Waals surface area contributed by atoms with E-state index in [0.29, 0.717) is 6.04 Å². The minimum atomic E-state index is 0.0822. The van der Waals surface area contributed by atoms with Crippen LogP contribution < -0.4 is 11.0 Å². The van der Waals surface area contributed by atoms with Crippen LogP contribution in [0.1, 0.15) is 32.7 Å². The monoisotopic (exact) mass is 253 g/mol. The molecule has 1 fully saturated rings. The third-order valence-corrected chi connectivity index (χ3v) is 3.44. The van der Waals surface area contributed by atoms with Gasteiger partial charge in [-0.15, -0.1) is 0 Å². The first-order valence-corrected chi connectivity index (χ1v) is 6.77. The molecule has 0 unspecified atom stereocenters. The van der Waals surface area contributed by atoms with E-state index >= 15 is 0 Å². The van der Waals surface area contributed by atoms with Crippen LogP contribution in [0, 0.1) is 0 Å². The molecule has 0 saturated carbocycles. The van der Waals surface area contributed by atoms with E-state index in [9.17, 15) is 4.79 Å². The Morgan fingerprint density at radius 1 is 1.39 bits per heavy atom. The molecule has 0 atom stereocenters. The number of imidazole rings is 1. The van der Waals surface area contributed by atoms with Gasteiger partial charge in [0.25, 0.3) is 0 Å². The second-order valence-electron chi connectivity index (χ2n) is 5.12. The zero-order valence-electron chi connectivity index (χ0n) is 11.3. The molecule has 0 spiro atoms. The molecule has 0 aliphatic carbocycles. The molecular formula is C13H23N3O2. The van der Waals surface area contributed by atoms with Crippen LogP contribution in [0.5, 0.6) is 0 Å². The van der Waals surface area contributed by atoms with Gasteiger partial charge in [-0.05, 0) is 26.7 Å². The molecule has 1 saturated heterocycles. The first-order chi connectivity index (χ1) is 8.68. The summed E-state index contributed by atoms with van der Waals surface area (Å²) in [6, 6.07) is 0.767. The number of aromatic nitrogens is 2. The molecule has 0 amide bonds. The summed E-state index contributed by atoms with van der Waals surface area (Å²) in [5.41, 5.74) is 0.0822. The third kappa shape index (κ3) is 3.23. The van der Waals surface area contributed by atoms with Crippen molar-refractivity contribution in [3.8, 4) is 0 Å². The summed E-state index contributed by atoms with van der Waals surface area (Å²) < 4.78 is 8.84. The number of hydrogen-bond acceptors (Lipinski definition) is 3. The highest BCUT2D eigenvalue weighted by Gasteiger charge is 2.12. The van der Waals surface area contributed by atoms with Gasteiger partial charge in [-0.2, -0.15) is 0 Å². The normalized spacial score (nSPS) is 17.5. The Hall–Kier alpha value is -1.07. The van der Waals surface area contributed by atoms with Crippen LogP contribution in [-0.2, 0) is 11.3 Å². The molecule has 2 heterocycles. The molecule has 1 aliphatic heterocycles. The van der Waals surface area contributed by atoms with Gasteiger partial charge in [0.15, 0.2) is 0 Å². The van der Waals surface area contributed by atoms with E-state index < -0.39 is 0 Å². The highest BCUT2D eigenvalue weighted by Crippen LogP contribution is 2.05. The van der Waals surface area contributed by atoms with Crippen molar-refractivity contribution in [2.24, 2.45) is 0 Å². The molecular weight excluding hydrogens is 230 g/mol. The number of hydrogen-bond donors (Lipinski definition) is 1. The fourth-order valence-corrected chi connectivity index (χ4v) is 2.28. The van der Waals surface area contributed by atoms with Gasteiger partial charge in [0.2, 0.25) is 0 Å². The molecule has 1 aromatic heterocycles. The van der Waals surface area contributed by atoms with E-state index in [1.165, 1.54) is 0 Å². The SMILES string of the molecule is CC(C)n1ccn(CCNC2CCOCC2)c1=O. The summed E-state index contributed by atoms with van der Waals surface area (Å²) in [6.45, 7) is 7.31. The first kappa shape index (κ1) is 13.4. The van der Waals surface area contributed by atoms with Crippen LogP contribution in [0.25, 0.3) is 0 Å². The minimum absolute atomic E-state index is 0.0822. The zero-order chi connectivity index (χ0) is 13.0. The summed E-state index contributed by atoms with van der Waals surface area (Å²) in [7, 11) is 0. The largest absolute Gasteiger partial charge is 0.381 e. The Kier molecular flexibility index (Phi) is 4.60. The average Bonchev–Trinajstić information content (AvgIpc) is 2.73. The van der Waals surface area contributed by atoms with Gasteiger partial charge < -0.3 is 10.1 Å². The van der Waals surface area contributed by atoms with Crippen molar-refractivity contribution in [2.45, 2.75) is 45.3 Å². The van der Waals surface area contributed by atoms with Gasteiger partial charge >= 0.3 is 5.69 Å². The Bertz CT molecular complexity index is 416. The molecule has 5 nitrogen and oxygen atoms in total. The predicted octanol–water partition coefficient (Wildman–Crippen LogP) is 0.999. The van der Waals surface area contributed by atoms with Crippen molar-refractivity contribution in [1.82, 2.24) is 14.5 Å². The number of nitrogens with one attached hydrogen (secondary N) is 1. The van der Waals surface area contributed by atoms with E-state index in [1.807, 2.05) is 26.2 Å². The lowest BCUT2D eigenvalue weighted by Gasteiger charge is -2.23. The maximum Gasteiger partial charge on any atom is 0.328 e. The van der Waals surface area contributed by atoms with Crippen LogP contribution in [0.15, 0.2) is 17.2 Å². The standard InChI is InChI=1S/C13H23N3O2/c1-11(2)16-8-7-15(13(16)17)6-5-14-12-3-9-18-10-4-12/h7-8,11-12,14H,3-6,9-10H2,1-2H3. The van der Waals surface area contributed by atoms with Gasteiger partial charge in [-0.25, -0.2) is 4.79 Å². The quantitative estimate of drug-likeness (QED) is 0.851. The van der Waals surface area contributed by atoms with Crippen molar-refractivity contribution < 1.29 is 4.74 Å². The fraction of sp³-hybridized carbons (Fsp3) is 0.769. The average molecular weight is 253 g/mol. The van der Waals surface area contributed by atoms with Gasteiger partial charge in [0, 0.05) is 50.8 Å². The molecule has 0 radical (unpaired) electrons. The number of ether oxygens (including phenoxy) is 1. The van der Waals surface area contributed by atoms with Crippen molar-refractivity contribution in [3.63, 3.8) is 0 Å². The maximum atomic E-state index is 12.0. The Balaban J connectivity index is 1.81. The number of nitrogens with zero attached hydrogens (tertiary/aromatic N) is 2. The van der Waals surface area contributed by atoms with Gasteiger partial charge in [-0.1, -0.05) is 0 Å². The second-order valence-corrected chi connectivity index (χ2v) is 5.12. The molecule has 1 N–H and O–H groups in total. The van der Waals surface area contributed by atoms with Crippen molar-refractivity contribution in [3.05, 3.63) is 22.9 Å². The van der Waals surface area contributed by atoms with Crippen LogP contribution in [0.4, 0.5) is 0 Å². The van der Waals surface area contributed by atoms with Crippen LogP contribution in [0.3, 0.4) is 0 Å². The zero-order valence-corrected chi connectivity index (χ0v) is 11.3. The molecule has 102 valence electrons. The van der Waals surface area contributed by atoms with Crippen LogP contribution >= 0.6 is 0 Å². The second kappa shape index (κ2) is 6.20. The molecule has 0 bridgehead atoms. The van der Waals surface area contributed by atoms with Gasteiger partial charge in [0.05, 0.1) is 0 Å². The molecule has 1 aromatic rings. The van der Waals surface area contributed by atoms with Crippen molar-refractivity contribution >= 4 is 0 Å². The summed E-state index contributed by atoms with van der Waals surface area (Å²) in [6.07, 6.45) is 5.87. The van der Waals surface area contributed by atoms with Gasteiger partial charge in [0.1, 0.15) is 0 Å². The highest BCUT2D eigenvalue weighted by atomic mass is 16.5. The summed E-state index contributed by atoms with van der Waals surface area (Å²) >= 11 is 0. The van der Waals surface area contributed by atoms with E-state index in [1.54, 1.807) is 9.13 Å². The summed E-state index contributed by atoms with van der Waals surface area (Å²) in [4.78, 5) is 12.0. The molecule has 0 aromatic carbocycles. The maximum absolute atomic E-state index is 12.0. The molecule has 18 heavy (non-hydrogen) atoms. The topological polar surface area (TPSA) is 48.2 Å². The van der Waals surface area contributed by atoms with E-state index in [0.717, 1.165) is 39.1 Å². The molecule has 5 heteroatoms. The molecule has 2 rings (SSSR count). The Morgan fingerprint density at radius 2 is 2.11 bits per heavy atom. The van der Waals surface area contributed by atoms with E-state index in [2.05, 4.69) is 5.32 Å². The van der Waals surface area contributed by atoms with E-state index in [-0.39, 0.29) is 11.7 Å². The lowest BCUT2D eigenvalue weighted by atomic mass is 10.1. The highest BCUT2D eigenvalue weighted by molar-refractivity contribution is 4.84. The lowest BCUT2D eigenvalue weighted by Crippen LogP contribution is -2.37. The van der Waals surface area contributed by atoms with Crippen LogP contribution in [0.2, 0.25) is 0 Å². The first-order valence-electron chi connectivity index (χ1n) is 6.77. The van der Waals surface area contributed by atoms with Crippen molar-refractivity contribution in [1.29, 1.82) is 0 Å². The third-order valence-electron chi connectivity index (χ3n) is 3.44. The van der Waals surface area contributed by atoms with Gasteiger partial charge in [-0.3, -0.25) is 9.13 Å². The Labute approximate surface area is 108 Å². The van der Waals surface area contributed by atoms with Crippen molar-refractivity contribution in [2.75, 3.05) is 19.8 Å². The smallest absolute Gasteiger partial charge is 0.328 e. The summed E-state index contributed by atoms with van der Waals surface area (Å²) in [5, 5.41) is 3.49. The molecule has 1 aliphatic rings. The van der Waals surface area contributed by atoms with E-state index in [4.69, 9.17) is 4.74 Å². The predicted molar refractivity (Wildman–Crippen MR) is 70.9 cm³/mol. The fourth-order valence-electron chi connectivity index (χ4n) is 2.28. The lowest BCUT2D eigenvalue weighted by molar-refractivity contribution is 0.0778. The Morgan fingerprint density at radius 3 is 2.72 bits per heavy atom.